The number of benzene rings is 2. The minimum absolute atomic E-state index is 0.0174. The predicted octanol–water partition coefficient (Wildman–Crippen LogP) is 1.63. The van der Waals surface area contributed by atoms with Gasteiger partial charge in [0, 0.05) is 28.9 Å². The van der Waals surface area contributed by atoms with Gasteiger partial charge in [-0.05, 0) is 11.6 Å². The van der Waals surface area contributed by atoms with Crippen molar-refractivity contribution in [1.29, 1.82) is 0 Å². The smallest absolute Gasteiger partial charge is 0.270 e. The Hall–Kier alpha value is -2.44. The van der Waals surface area contributed by atoms with E-state index >= 15 is 0 Å². The van der Waals surface area contributed by atoms with E-state index in [1.54, 1.807) is 0 Å². The SMILES string of the molecule is C[NH+](C)[C@H](CN=Cc1cc([N+](=O)[O-])ccc1[O-])c1ccccc1Cl. The molecule has 1 N–H and O–H groups in total. The lowest BCUT2D eigenvalue weighted by atomic mass is 10.1. The van der Waals surface area contributed by atoms with Crippen LogP contribution in [0, 0.1) is 10.1 Å². The van der Waals surface area contributed by atoms with Crippen molar-refractivity contribution < 1.29 is 14.9 Å². The number of likely N-dealkylation sites (N-methyl/N-ethyl adjacent to an activating group) is 1. The number of nitro benzene ring substituents is 1. The number of rotatable bonds is 6. The van der Waals surface area contributed by atoms with E-state index in [-0.39, 0.29) is 23.0 Å². The van der Waals surface area contributed by atoms with Crippen molar-refractivity contribution in [2.75, 3.05) is 20.6 Å². The van der Waals surface area contributed by atoms with Crippen molar-refractivity contribution in [1.82, 2.24) is 0 Å². The Morgan fingerprint density at radius 3 is 2.62 bits per heavy atom. The fraction of sp³-hybridized carbons (Fsp3) is 0.235. The Kier molecular flexibility index (Phi) is 5.89. The zero-order valence-corrected chi connectivity index (χ0v) is 14.2. The van der Waals surface area contributed by atoms with E-state index in [9.17, 15) is 15.2 Å². The molecule has 0 aliphatic rings. The highest BCUT2D eigenvalue weighted by molar-refractivity contribution is 6.31. The number of non-ortho nitro benzene ring substituents is 1. The minimum Gasteiger partial charge on any atom is -0.872 e. The maximum atomic E-state index is 11.8. The summed E-state index contributed by atoms with van der Waals surface area (Å²) in [4.78, 5) is 15.7. The first-order valence-corrected chi connectivity index (χ1v) is 7.77. The van der Waals surface area contributed by atoms with E-state index in [1.165, 1.54) is 24.4 Å². The third kappa shape index (κ3) is 4.31. The van der Waals surface area contributed by atoms with Gasteiger partial charge in [0.2, 0.25) is 0 Å². The first kappa shape index (κ1) is 17.9. The average Bonchev–Trinajstić information content (AvgIpc) is 2.53. The normalized spacial score (nSPS) is 12.7. The summed E-state index contributed by atoms with van der Waals surface area (Å²) in [5.41, 5.74) is 1.05. The van der Waals surface area contributed by atoms with Crippen molar-refractivity contribution in [2.45, 2.75) is 6.04 Å². The fourth-order valence-corrected chi connectivity index (χ4v) is 2.62. The number of hydrogen-bond donors (Lipinski definition) is 1. The van der Waals surface area contributed by atoms with Crippen LogP contribution in [0.3, 0.4) is 0 Å². The van der Waals surface area contributed by atoms with Crippen LogP contribution >= 0.6 is 11.6 Å². The summed E-state index contributed by atoms with van der Waals surface area (Å²) in [5, 5.41) is 23.3. The molecule has 0 unspecified atom stereocenters. The summed E-state index contributed by atoms with van der Waals surface area (Å²) in [7, 11) is 3.99. The number of aliphatic imine (C=N–C) groups is 1. The molecule has 0 aliphatic carbocycles. The molecule has 0 bridgehead atoms. The van der Waals surface area contributed by atoms with Crippen LogP contribution in [0.15, 0.2) is 47.5 Å². The van der Waals surface area contributed by atoms with E-state index < -0.39 is 4.92 Å². The molecule has 0 aliphatic heterocycles. The molecule has 24 heavy (non-hydrogen) atoms. The second kappa shape index (κ2) is 7.90. The van der Waals surface area contributed by atoms with Crippen molar-refractivity contribution >= 4 is 23.5 Å². The Labute approximate surface area is 145 Å². The van der Waals surface area contributed by atoms with Gasteiger partial charge in [-0.15, -0.1) is 0 Å². The van der Waals surface area contributed by atoms with Gasteiger partial charge in [-0.3, -0.25) is 15.1 Å². The van der Waals surface area contributed by atoms with E-state index in [0.717, 1.165) is 10.5 Å². The van der Waals surface area contributed by atoms with Crippen molar-refractivity contribution in [3.05, 3.63) is 68.7 Å². The average molecular weight is 348 g/mol. The molecule has 2 rings (SSSR count). The molecule has 6 nitrogen and oxygen atoms in total. The molecule has 0 spiro atoms. The Morgan fingerprint density at radius 1 is 1.29 bits per heavy atom. The van der Waals surface area contributed by atoms with Crippen LogP contribution in [-0.2, 0) is 0 Å². The van der Waals surface area contributed by atoms with Gasteiger partial charge in [0.15, 0.2) is 0 Å². The van der Waals surface area contributed by atoms with Crippen LogP contribution in [-0.4, -0.2) is 31.8 Å². The molecule has 0 fully saturated rings. The van der Waals surface area contributed by atoms with Gasteiger partial charge < -0.3 is 10.0 Å². The van der Waals surface area contributed by atoms with Gasteiger partial charge in [-0.2, -0.15) is 0 Å². The predicted molar refractivity (Wildman–Crippen MR) is 92.0 cm³/mol. The molecule has 2 aromatic carbocycles. The topological polar surface area (TPSA) is 83.0 Å². The van der Waals surface area contributed by atoms with Gasteiger partial charge in [-0.1, -0.05) is 41.6 Å². The summed E-state index contributed by atoms with van der Waals surface area (Å²) < 4.78 is 0. The highest BCUT2D eigenvalue weighted by atomic mass is 35.5. The molecule has 0 aromatic heterocycles. The second-order valence-corrected chi connectivity index (χ2v) is 6.03. The van der Waals surface area contributed by atoms with Gasteiger partial charge in [-0.25, -0.2) is 0 Å². The number of halogens is 1. The quantitative estimate of drug-likeness (QED) is 0.489. The number of hydrogen-bond acceptors (Lipinski definition) is 4. The molecule has 0 saturated heterocycles. The van der Waals surface area contributed by atoms with Gasteiger partial charge in [0.25, 0.3) is 5.69 Å². The molecule has 0 saturated carbocycles. The molecule has 0 radical (unpaired) electrons. The van der Waals surface area contributed by atoms with Crippen molar-refractivity contribution in [2.24, 2.45) is 4.99 Å². The summed E-state index contributed by atoms with van der Waals surface area (Å²) in [6, 6.07) is 11.2. The molecule has 126 valence electrons. The first-order valence-electron chi connectivity index (χ1n) is 7.40. The number of nitrogens with one attached hydrogen (secondary N) is 1. The monoisotopic (exact) mass is 347 g/mol. The van der Waals surface area contributed by atoms with Crippen LogP contribution in [0.4, 0.5) is 5.69 Å². The minimum atomic E-state index is -0.534. The standard InChI is InChI=1S/C17H18ClN3O3/c1-20(2)16(14-5-3-4-6-15(14)18)11-19-10-12-9-13(21(23)24)7-8-17(12)22/h3-10,16,22H,11H2,1-2H3/t16-/m1/s1. The maximum Gasteiger partial charge on any atom is 0.270 e. The van der Waals surface area contributed by atoms with Crippen LogP contribution in [0.1, 0.15) is 17.2 Å². The number of nitro groups is 1. The molecular weight excluding hydrogens is 330 g/mol. The lowest BCUT2D eigenvalue weighted by Gasteiger charge is -2.21. The molecular formula is C17H18ClN3O3. The third-order valence-electron chi connectivity index (χ3n) is 3.70. The largest absolute Gasteiger partial charge is 0.872 e. The molecule has 2 aromatic rings. The summed E-state index contributed by atoms with van der Waals surface area (Å²) in [5.74, 6) is -0.296. The van der Waals surface area contributed by atoms with Crippen LogP contribution in [0.25, 0.3) is 0 Å². The first-order chi connectivity index (χ1) is 11.4. The van der Waals surface area contributed by atoms with Crippen molar-refractivity contribution in [3.8, 4) is 5.75 Å². The maximum absolute atomic E-state index is 11.8. The van der Waals surface area contributed by atoms with Crippen LogP contribution in [0.5, 0.6) is 5.75 Å². The van der Waals surface area contributed by atoms with Gasteiger partial charge in [0.1, 0.15) is 6.04 Å². The molecule has 0 amide bonds. The zero-order valence-electron chi connectivity index (χ0n) is 13.4. The lowest BCUT2D eigenvalue weighted by molar-refractivity contribution is -0.890. The summed E-state index contributed by atoms with van der Waals surface area (Å²) in [6.45, 7) is 0.411. The van der Waals surface area contributed by atoms with E-state index in [0.29, 0.717) is 11.6 Å². The molecule has 1 atom stereocenters. The van der Waals surface area contributed by atoms with E-state index in [1.807, 2.05) is 38.4 Å². The highest BCUT2D eigenvalue weighted by Crippen LogP contribution is 2.22. The summed E-state index contributed by atoms with van der Waals surface area (Å²) >= 11 is 6.25. The molecule has 7 heteroatoms. The second-order valence-electron chi connectivity index (χ2n) is 5.62. The van der Waals surface area contributed by atoms with Gasteiger partial charge in [0.05, 0.1) is 25.6 Å². The number of quaternary nitrogens is 1. The summed E-state index contributed by atoms with van der Waals surface area (Å²) in [6.07, 6.45) is 1.39. The Balaban J connectivity index is 2.21. The fourth-order valence-electron chi connectivity index (χ4n) is 2.36. The van der Waals surface area contributed by atoms with E-state index in [4.69, 9.17) is 11.6 Å². The number of nitrogens with zero attached hydrogens (tertiary/aromatic N) is 2. The zero-order chi connectivity index (χ0) is 17.7. The Bertz CT molecular complexity index is 762. The Morgan fingerprint density at radius 2 is 2.00 bits per heavy atom. The molecule has 0 heterocycles. The van der Waals surface area contributed by atoms with Crippen molar-refractivity contribution in [3.63, 3.8) is 0 Å². The lowest BCUT2D eigenvalue weighted by Crippen LogP contribution is -3.06. The third-order valence-corrected chi connectivity index (χ3v) is 4.04. The van der Waals surface area contributed by atoms with Crippen LogP contribution in [0.2, 0.25) is 5.02 Å². The van der Waals surface area contributed by atoms with Crippen LogP contribution < -0.4 is 10.0 Å². The van der Waals surface area contributed by atoms with E-state index in [2.05, 4.69) is 4.99 Å². The highest BCUT2D eigenvalue weighted by Gasteiger charge is 2.19. The van der Waals surface area contributed by atoms with Gasteiger partial charge >= 0.3 is 0 Å².